The number of anilines is 1. The molecule has 1 aliphatic heterocycles. The average molecular weight is 537 g/mol. The minimum atomic E-state index is -0.610. The Morgan fingerprint density at radius 1 is 1.18 bits per heavy atom. The molecular formula is C29H40N6O4. The number of aryl methyl sites for hydroxylation is 2. The Balaban J connectivity index is 1.57. The minimum absolute atomic E-state index is 0.176. The van der Waals surface area contributed by atoms with E-state index in [9.17, 15) is 9.90 Å². The van der Waals surface area contributed by atoms with Crippen molar-refractivity contribution in [1.82, 2.24) is 25.3 Å². The van der Waals surface area contributed by atoms with Gasteiger partial charge in [0.2, 0.25) is 5.91 Å². The number of ether oxygens (including phenoxy) is 1. The number of aliphatic hydroxyl groups is 1. The molecule has 1 fully saturated rings. The maximum Gasteiger partial charge on any atom is 0.222 e. The fourth-order valence-corrected chi connectivity index (χ4v) is 4.85. The number of likely N-dealkylation sites (N-methyl/N-ethyl adjacent to an activating group) is 1. The first-order chi connectivity index (χ1) is 18.9. The highest BCUT2D eigenvalue weighted by atomic mass is 16.5. The second-order valence-electron chi connectivity index (χ2n) is 10.1. The van der Waals surface area contributed by atoms with E-state index in [0.29, 0.717) is 36.8 Å². The molecule has 0 bridgehead atoms. The third-order valence-corrected chi connectivity index (χ3v) is 6.96. The van der Waals surface area contributed by atoms with Crippen molar-refractivity contribution in [3.8, 4) is 28.4 Å². The molecule has 3 N–H and O–H groups in total. The van der Waals surface area contributed by atoms with Crippen LogP contribution >= 0.6 is 0 Å². The average Bonchev–Trinajstić information content (AvgIpc) is 3.12. The molecule has 10 nitrogen and oxygen atoms in total. The van der Waals surface area contributed by atoms with Crippen LogP contribution in [0.1, 0.15) is 49.1 Å². The zero-order chi connectivity index (χ0) is 27.8. The minimum Gasteiger partial charge on any atom is -0.491 e. The van der Waals surface area contributed by atoms with Gasteiger partial charge in [0.25, 0.3) is 0 Å². The van der Waals surface area contributed by atoms with E-state index in [4.69, 9.17) is 19.2 Å². The van der Waals surface area contributed by atoms with E-state index in [1.165, 1.54) is 0 Å². The highest BCUT2D eigenvalue weighted by Gasteiger charge is 2.21. The van der Waals surface area contributed by atoms with Gasteiger partial charge in [-0.25, -0.2) is 9.97 Å². The molecule has 39 heavy (non-hydrogen) atoms. The highest BCUT2D eigenvalue weighted by molar-refractivity contribution is 5.76. The van der Waals surface area contributed by atoms with Gasteiger partial charge >= 0.3 is 0 Å². The Labute approximate surface area is 230 Å². The molecule has 210 valence electrons. The molecule has 1 aromatic carbocycles. The van der Waals surface area contributed by atoms with Gasteiger partial charge in [-0.2, -0.15) is 0 Å². The van der Waals surface area contributed by atoms with E-state index in [1.807, 2.05) is 49.9 Å². The molecule has 1 atom stereocenters. The van der Waals surface area contributed by atoms with Gasteiger partial charge in [-0.3, -0.25) is 4.79 Å². The van der Waals surface area contributed by atoms with Crippen LogP contribution < -0.4 is 15.4 Å². The van der Waals surface area contributed by atoms with Gasteiger partial charge in [-0.15, -0.1) is 0 Å². The van der Waals surface area contributed by atoms with Crippen molar-refractivity contribution in [2.75, 3.05) is 45.2 Å². The van der Waals surface area contributed by atoms with E-state index in [1.54, 1.807) is 7.05 Å². The van der Waals surface area contributed by atoms with Crippen molar-refractivity contribution < 1.29 is 19.2 Å². The van der Waals surface area contributed by atoms with Crippen molar-refractivity contribution in [3.05, 3.63) is 41.3 Å². The van der Waals surface area contributed by atoms with Crippen LogP contribution in [-0.2, 0) is 4.79 Å². The lowest BCUT2D eigenvalue weighted by Gasteiger charge is -2.21. The second kappa shape index (κ2) is 13.5. The first kappa shape index (κ1) is 28.5. The van der Waals surface area contributed by atoms with Crippen molar-refractivity contribution in [2.24, 2.45) is 0 Å². The number of carbonyl (C=O) groups is 1. The molecule has 0 aliphatic carbocycles. The molecule has 1 saturated heterocycles. The summed E-state index contributed by atoms with van der Waals surface area (Å²) in [7, 11) is 1.79. The van der Waals surface area contributed by atoms with Crippen LogP contribution in [0, 0.1) is 20.8 Å². The van der Waals surface area contributed by atoms with Crippen molar-refractivity contribution >= 4 is 11.7 Å². The summed E-state index contributed by atoms with van der Waals surface area (Å²) in [5.74, 6) is 2.85. The number of aliphatic hydroxyl groups excluding tert-OH is 1. The van der Waals surface area contributed by atoms with E-state index in [2.05, 4.69) is 15.8 Å². The quantitative estimate of drug-likeness (QED) is 0.296. The largest absolute Gasteiger partial charge is 0.491 e. The van der Waals surface area contributed by atoms with Crippen molar-refractivity contribution in [3.63, 3.8) is 0 Å². The predicted molar refractivity (Wildman–Crippen MR) is 151 cm³/mol. The summed E-state index contributed by atoms with van der Waals surface area (Å²) in [6, 6.07) is 7.55. The molecule has 1 amide bonds. The van der Waals surface area contributed by atoms with Gasteiger partial charge in [-0.1, -0.05) is 23.7 Å². The van der Waals surface area contributed by atoms with Crippen LogP contribution in [0.2, 0.25) is 0 Å². The molecule has 1 aliphatic rings. The van der Waals surface area contributed by atoms with Crippen LogP contribution in [0.4, 0.5) is 5.82 Å². The lowest BCUT2D eigenvalue weighted by atomic mass is 10.0. The fourth-order valence-electron chi connectivity index (χ4n) is 4.85. The Kier molecular flexibility index (Phi) is 9.89. The van der Waals surface area contributed by atoms with Crippen LogP contribution in [0.25, 0.3) is 22.6 Å². The van der Waals surface area contributed by atoms with Crippen molar-refractivity contribution in [2.45, 2.75) is 59.0 Å². The van der Waals surface area contributed by atoms with E-state index in [0.717, 1.165) is 72.7 Å². The lowest BCUT2D eigenvalue weighted by molar-refractivity contribution is -0.130. The number of hydrogen-bond donors (Lipinski definition) is 3. The summed E-state index contributed by atoms with van der Waals surface area (Å²) in [5.41, 5.74) is 4.08. The molecule has 10 heteroatoms. The van der Waals surface area contributed by atoms with Gasteiger partial charge in [0.1, 0.15) is 30.0 Å². The molecule has 3 heterocycles. The molecule has 3 aromatic rings. The van der Waals surface area contributed by atoms with E-state index in [-0.39, 0.29) is 12.5 Å². The third kappa shape index (κ3) is 7.33. The monoisotopic (exact) mass is 536 g/mol. The van der Waals surface area contributed by atoms with Crippen LogP contribution in [0.5, 0.6) is 5.75 Å². The van der Waals surface area contributed by atoms with Gasteiger partial charge in [0.05, 0.1) is 17.0 Å². The van der Waals surface area contributed by atoms with Crippen LogP contribution in [-0.4, -0.2) is 77.0 Å². The second-order valence-corrected chi connectivity index (χ2v) is 10.1. The van der Waals surface area contributed by atoms with Crippen molar-refractivity contribution in [1.29, 1.82) is 0 Å². The van der Waals surface area contributed by atoms with Gasteiger partial charge < -0.3 is 29.9 Å². The number of benzene rings is 1. The molecule has 0 saturated carbocycles. The molecule has 0 spiro atoms. The maximum absolute atomic E-state index is 12.4. The molecular weight excluding hydrogens is 496 g/mol. The summed E-state index contributed by atoms with van der Waals surface area (Å²) < 4.78 is 11.3. The Morgan fingerprint density at radius 3 is 2.79 bits per heavy atom. The fraction of sp³-hybridized carbons (Fsp3) is 0.517. The number of nitrogens with one attached hydrogen (secondary N) is 2. The first-order valence-electron chi connectivity index (χ1n) is 13.8. The zero-order valence-corrected chi connectivity index (χ0v) is 23.4. The maximum atomic E-state index is 12.4. The Morgan fingerprint density at radius 2 is 2.03 bits per heavy atom. The number of aromatic nitrogens is 3. The van der Waals surface area contributed by atoms with Gasteiger partial charge in [0, 0.05) is 43.7 Å². The molecule has 4 rings (SSSR count). The normalized spacial score (nSPS) is 14.8. The summed E-state index contributed by atoms with van der Waals surface area (Å²) in [5, 5.41) is 20.6. The molecule has 2 aromatic heterocycles. The highest BCUT2D eigenvalue weighted by Crippen LogP contribution is 2.33. The topological polar surface area (TPSA) is 126 Å². The number of hydrogen-bond acceptors (Lipinski definition) is 9. The first-order valence-corrected chi connectivity index (χ1v) is 13.8. The Bertz CT molecular complexity index is 1240. The number of likely N-dealkylation sites (tertiary alicyclic amines) is 1. The van der Waals surface area contributed by atoms with Crippen LogP contribution in [0.3, 0.4) is 0 Å². The Hall–Kier alpha value is -3.50. The summed E-state index contributed by atoms with van der Waals surface area (Å²) in [6.07, 6.45) is 4.05. The third-order valence-electron chi connectivity index (χ3n) is 6.96. The standard InChI is InChI=1S/C29H40N6O4/c1-19-27(26-20(2)34-39-21(26)3)32-29(22-10-8-11-24(16-22)38-18-23(36)17-30-4)33-28(19)31-13-9-15-35-14-7-5-6-12-25(35)37/h8,10-11,16,23,30,36H,5-7,9,12-15,17-18H2,1-4H3,(H,31,32,33). The SMILES string of the molecule is CNCC(O)COc1cccc(-c2nc(NCCCN3CCCCCC3=O)c(C)c(-c3c(C)noc3C)n2)c1. The number of amides is 1. The number of carbonyl (C=O) groups excluding carboxylic acids is 1. The summed E-state index contributed by atoms with van der Waals surface area (Å²) >= 11 is 0. The van der Waals surface area contributed by atoms with Gasteiger partial charge in [-0.05, 0) is 59.2 Å². The smallest absolute Gasteiger partial charge is 0.222 e. The van der Waals surface area contributed by atoms with Crippen LogP contribution in [0.15, 0.2) is 28.8 Å². The zero-order valence-electron chi connectivity index (χ0n) is 23.4. The lowest BCUT2D eigenvalue weighted by Crippen LogP contribution is -2.32. The molecule has 1 unspecified atom stereocenters. The summed E-state index contributed by atoms with van der Waals surface area (Å²) in [6.45, 7) is 8.66. The van der Waals surface area contributed by atoms with E-state index >= 15 is 0 Å². The number of rotatable bonds is 12. The van der Waals surface area contributed by atoms with E-state index < -0.39 is 6.10 Å². The summed E-state index contributed by atoms with van der Waals surface area (Å²) in [4.78, 5) is 24.2. The predicted octanol–water partition coefficient (Wildman–Crippen LogP) is 3.89. The molecule has 0 radical (unpaired) electrons. The number of nitrogens with zero attached hydrogens (tertiary/aromatic N) is 4. The van der Waals surface area contributed by atoms with Gasteiger partial charge in [0.15, 0.2) is 5.82 Å².